The molecule has 0 aromatic carbocycles. The molecular weight excluding hydrogens is 214 g/mol. The molecule has 2 unspecified atom stereocenters. The van der Waals surface area contributed by atoms with Gasteiger partial charge < -0.3 is 21.1 Å². The summed E-state index contributed by atoms with van der Waals surface area (Å²) < 4.78 is 0. The molecule has 4 N–H and O–H groups in total. The van der Waals surface area contributed by atoms with E-state index < -0.39 is 23.9 Å². The first-order chi connectivity index (χ1) is 7.41. The Hall–Kier alpha value is -1.79. The summed E-state index contributed by atoms with van der Waals surface area (Å²) in [6.07, 6.45) is 0.532. The SMILES string of the molecule is CC(NC(=O)N1CCC(C(N)=O)C1)C(=O)O. The monoisotopic (exact) mass is 229 g/mol. The van der Waals surface area contributed by atoms with Crippen LogP contribution in [0.25, 0.3) is 0 Å². The minimum absolute atomic E-state index is 0.257. The van der Waals surface area contributed by atoms with Crippen molar-refractivity contribution in [3.8, 4) is 0 Å². The Morgan fingerprint density at radius 3 is 2.56 bits per heavy atom. The summed E-state index contributed by atoms with van der Waals surface area (Å²) in [5.41, 5.74) is 5.12. The molecular formula is C9H15N3O4. The summed E-state index contributed by atoms with van der Waals surface area (Å²) in [6.45, 7) is 2.06. The van der Waals surface area contributed by atoms with Crippen LogP contribution in [0.2, 0.25) is 0 Å². The molecule has 16 heavy (non-hydrogen) atoms. The Bertz CT molecular complexity index is 318. The van der Waals surface area contributed by atoms with Gasteiger partial charge in [-0.3, -0.25) is 9.59 Å². The molecule has 1 rings (SSSR count). The fourth-order valence-corrected chi connectivity index (χ4v) is 1.52. The van der Waals surface area contributed by atoms with Gasteiger partial charge in [0.1, 0.15) is 6.04 Å². The number of amides is 3. The highest BCUT2D eigenvalue weighted by molar-refractivity contribution is 5.83. The summed E-state index contributed by atoms with van der Waals surface area (Å²) in [7, 11) is 0. The number of urea groups is 1. The number of aliphatic carboxylic acids is 1. The van der Waals surface area contributed by atoms with E-state index in [1.807, 2.05) is 0 Å². The highest BCUT2D eigenvalue weighted by Crippen LogP contribution is 2.15. The van der Waals surface area contributed by atoms with Crippen molar-refractivity contribution in [2.75, 3.05) is 13.1 Å². The molecule has 2 atom stereocenters. The van der Waals surface area contributed by atoms with Gasteiger partial charge in [-0.25, -0.2) is 4.79 Å². The van der Waals surface area contributed by atoms with Crippen molar-refractivity contribution >= 4 is 17.9 Å². The van der Waals surface area contributed by atoms with E-state index in [0.29, 0.717) is 13.0 Å². The Labute approximate surface area is 92.6 Å². The highest BCUT2D eigenvalue weighted by atomic mass is 16.4. The van der Waals surface area contributed by atoms with Crippen molar-refractivity contribution in [2.45, 2.75) is 19.4 Å². The van der Waals surface area contributed by atoms with Crippen LogP contribution in [0.3, 0.4) is 0 Å². The summed E-state index contributed by atoms with van der Waals surface area (Å²) in [4.78, 5) is 34.3. The highest BCUT2D eigenvalue weighted by Gasteiger charge is 2.30. The average molecular weight is 229 g/mol. The maximum atomic E-state index is 11.5. The first-order valence-electron chi connectivity index (χ1n) is 4.99. The first-order valence-corrected chi connectivity index (χ1v) is 4.99. The average Bonchev–Trinajstić information content (AvgIpc) is 2.65. The lowest BCUT2D eigenvalue weighted by Gasteiger charge is -2.18. The maximum Gasteiger partial charge on any atom is 0.325 e. The van der Waals surface area contributed by atoms with Crippen LogP contribution in [-0.2, 0) is 9.59 Å². The molecule has 1 aliphatic heterocycles. The minimum atomic E-state index is -1.10. The van der Waals surface area contributed by atoms with E-state index >= 15 is 0 Å². The molecule has 0 saturated carbocycles. The largest absolute Gasteiger partial charge is 0.480 e. The zero-order chi connectivity index (χ0) is 12.3. The summed E-state index contributed by atoms with van der Waals surface area (Å²) in [6, 6.07) is -1.42. The van der Waals surface area contributed by atoms with Crippen LogP contribution < -0.4 is 11.1 Å². The van der Waals surface area contributed by atoms with Gasteiger partial charge in [0, 0.05) is 13.1 Å². The van der Waals surface area contributed by atoms with Gasteiger partial charge in [-0.1, -0.05) is 0 Å². The molecule has 3 amide bonds. The van der Waals surface area contributed by atoms with E-state index in [0.717, 1.165) is 0 Å². The van der Waals surface area contributed by atoms with Crippen LogP contribution in [0.5, 0.6) is 0 Å². The number of carboxylic acid groups (broad SMARTS) is 1. The number of primary amides is 1. The van der Waals surface area contributed by atoms with Gasteiger partial charge in [0.05, 0.1) is 5.92 Å². The molecule has 0 spiro atoms. The van der Waals surface area contributed by atoms with Gasteiger partial charge in [0.15, 0.2) is 0 Å². The van der Waals surface area contributed by atoms with E-state index in [1.165, 1.54) is 11.8 Å². The molecule has 1 fully saturated rings. The second-order valence-electron chi connectivity index (χ2n) is 3.84. The molecule has 7 nitrogen and oxygen atoms in total. The van der Waals surface area contributed by atoms with Gasteiger partial charge in [0.2, 0.25) is 5.91 Å². The summed E-state index contributed by atoms with van der Waals surface area (Å²) in [5, 5.41) is 10.9. The Morgan fingerprint density at radius 1 is 1.50 bits per heavy atom. The van der Waals surface area contributed by atoms with Gasteiger partial charge >= 0.3 is 12.0 Å². The number of nitrogens with one attached hydrogen (secondary N) is 1. The van der Waals surface area contributed by atoms with E-state index in [9.17, 15) is 14.4 Å². The maximum absolute atomic E-state index is 11.5. The molecule has 1 aliphatic rings. The Balaban J connectivity index is 2.45. The number of hydrogen-bond acceptors (Lipinski definition) is 3. The second kappa shape index (κ2) is 4.82. The van der Waals surface area contributed by atoms with Gasteiger partial charge in [-0.2, -0.15) is 0 Å². The van der Waals surface area contributed by atoms with Crippen molar-refractivity contribution < 1.29 is 19.5 Å². The molecule has 0 radical (unpaired) electrons. The van der Waals surface area contributed by atoms with Crippen molar-refractivity contribution in [1.29, 1.82) is 0 Å². The van der Waals surface area contributed by atoms with Crippen LogP contribution in [0.15, 0.2) is 0 Å². The van der Waals surface area contributed by atoms with Crippen molar-refractivity contribution in [1.82, 2.24) is 10.2 Å². The Morgan fingerprint density at radius 2 is 2.12 bits per heavy atom. The predicted molar refractivity (Wildman–Crippen MR) is 54.5 cm³/mol. The van der Waals surface area contributed by atoms with Gasteiger partial charge in [-0.05, 0) is 13.3 Å². The number of likely N-dealkylation sites (tertiary alicyclic amines) is 1. The smallest absolute Gasteiger partial charge is 0.325 e. The van der Waals surface area contributed by atoms with E-state index in [-0.39, 0.29) is 12.5 Å². The first kappa shape index (κ1) is 12.3. The van der Waals surface area contributed by atoms with Crippen LogP contribution >= 0.6 is 0 Å². The molecule has 0 aromatic rings. The molecule has 1 heterocycles. The minimum Gasteiger partial charge on any atom is -0.480 e. The lowest BCUT2D eigenvalue weighted by Crippen LogP contribution is -2.46. The van der Waals surface area contributed by atoms with Gasteiger partial charge in [-0.15, -0.1) is 0 Å². The predicted octanol–water partition coefficient (Wildman–Crippen LogP) is -1.02. The lowest BCUT2D eigenvalue weighted by atomic mass is 10.1. The van der Waals surface area contributed by atoms with Crippen LogP contribution in [0, 0.1) is 5.92 Å². The van der Waals surface area contributed by atoms with E-state index in [2.05, 4.69) is 5.32 Å². The Kier molecular flexibility index (Phi) is 3.70. The normalized spacial score (nSPS) is 21.6. The second-order valence-corrected chi connectivity index (χ2v) is 3.84. The lowest BCUT2D eigenvalue weighted by molar-refractivity contribution is -0.138. The zero-order valence-corrected chi connectivity index (χ0v) is 8.97. The van der Waals surface area contributed by atoms with Crippen LogP contribution in [0.4, 0.5) is 4.79 Å². The van der Waals surface area contributed by atoms with Crippen molar-refractivity contribution in [2.24, 2.45) is 11.7 Å². The quantitative estimate of drug-likeness (QED) is 0.574. The number of carbonyl (C=O) groups is 3. The third-order valence-corrected chi connectivity index (χ3v) is 2.59. The molecule has 0 bridgehead atoms. The van der Waals surface area contributed by atoms with Crippen molar-refractivity contribution in [3.05, 3.63) is 0 Å². The van der Waals surface area contributed by atoms with Crippen molar-refractivity contribution in [3.63, 3.8) is 0 Å². The standard InChI is InChI=1S/C9H15N3O4/c1-5(8(14)15)11-9(16)12-3-2-6(4-12)7(10)13/h5-6H,2-4H2,1H3,(H2,10,13)(H,11,16)(H,14,15). The number of nitrogens with two attached hydrogens (primary N) is 1. The molecule has 90 valence electrons. The number of nitrogens with zero attached hydrogens (tertiary/aromatic N) is 1. The fourth-order valence-electron chi connectivity index (χ4n) is 1.52. The van der Waals surface area contributed by atoms with Crippen LogP contribution in [0.1, 0.15) is 13.3 Å². The van der Waals surface area contributed by atoms with Crippen LogP contribution in [-0.4, -0.2) is 47.0 Å². The van der Waals surface area contributed by atoms with E-state index in [1.54, 1.807) is 0 Å². The zero-order valence-electron chi connectivity index (χ0n) is 8.97. The van der Waals surface area contributed by atoms with E-state index in [4.69, 9.17) is 10.8 Å². The molecule has 7 heteroatoms. The third kappa shape index (κ3) is 2.85. The number of carboxylic acids is 1. The number of rotatable bonds is 3. The molecule has 0 aliphatic carbocycles. The summed E-state index contributed by atoms with van der Waals surface area (Å²) in [5.74, 6) is -1.86. The fraction of sp³-hybridized carbons (Fsp3) is 0.667. The molecule has 1 saturated heterocycles. The molecule has 0 aromatic heterocycles. The third-order valence-electron chi connectivity index (χ3n) is 2.59. The summed E-state index contributed by atoms with van der Waals surface area (Å²) >= 11 is 0. The number of hydrogen-bond donors (Lipinski definition) is 3. The number of carbonyl (C=O) groups excluding carboxylic acids is 2. The van der Waals surface area contributed by atoms with Gasteiger partial charge in [0.25, 0.3) is 0 Å². The topological polar surface area (TPSA) is 113 Å².